The fourth-order valence-electron chi connectivity index (χ4n) is 2.53. The van der Waals surface area contributed by atoms with Crippen LogP contribution in [-0.2, 0) is 6.42 Å². The highest BCUT2D eigenvalue weighted by atomic mass is 19.1. The molecule has 1 aliphatic heterocycles. The summed E-state index contributed by atoms with van der Waals surface area (Å²) in [5.41, 5.74) is 7.18. The standard InChI is InChI=1S/C14H21FN2/c1-11(17-8-2-3-14(16)10-17)9-12-4-6-13(15)7-5-12/h4-7,11,14H,2-3,8-10,16H2,1H3. The van der Waals surface area contributed by atoms with Crippen molar-refractivity contribution < 1.29 is 4.39 Å². The van der Waals surface area contributed by atoms with Crippen molar-refractivity contribution in [3.05, 3.63) is 35.6 Å². The summed E-state index contributed by atoms with van der Waals surface area (Å²) in [6, 6.07) is 7.60. The maximum Gasteiger partial charge on any atom is 0.123 e. The number of hydrogen-bond acceptors (Lipinski definition) is 2. The number of halogens is 1. The minimum Gasteiger partial charge on any atom is -0.327 e. The Balaban J connectivity index is 1.91. The molecule has 1 aromatic rings. The van der Waals surface area contributed by atoms with Gasteiger partial charge < -0.3 is 5.73 Å². The SMILES string of the molecule is CC(Cc1ccc(F)cc1)N1CCCC(N)C1. The quantitative estimate of drug-likeness (QED) is 0.871. The van der Waals surface area contributed by atoms with Gasteiger partial charge in [-0.15, -0.1) is 0 Å². The highest BCUT2D eigenvalue weighted by Crippen LogP contribution is 2.15. The summed E-state index contributed by atoms with van der Waals surface area (Å²) in [7, 11) is 0. The average Bonchev–Trinajstić information content (AvgIpc) is 2.32. The zero-order valence-corrected chi connectivity index (χ0v) is 10.4. The van der Waals surface area contributed by atoms with E-state index in [-0.39, 0.29) is 5.82 Å². The van der Waals surface area contributed by atoms with Gasteiger partial charge in [0.1, 0.15) is 5.82 Å². The average molecular weight is 236 g/mol. The van der Waals surface area contributed by atoms with E-state index in [1.807, 2.05) is 12.1 Å². The Labute approximate surface area is 103 Å². The predicted molar refractivity (Wildman–Crippen MR) is 68.3 cm³/mol. The van der Waals surface area contributed by atoms with Gasteiger partial charge in [-0.1, -0.05) is 12.1 Å². The van der Waals surface area contributed by atoms with Crippen molar-refractivity contribution >= 4 is 0 Å². The summed E-state index contributed by atoms with van der Waals surface area (Å²) in [4.78, 5) is 2.44. The molecule has 0 aromatic heterocycles. The Morgan fingerprint density at radius 3 is 2.76 bits per heavy atom. The lowest BCUT2D eigenvalue weighted by molar-refractivity contribution is 0.158. The third-order valence-electron chi connectivity index (χ3n) is 3.56. The van der Waals surface area contributed by atoms with Crippen molar-refractivity contribution in [1.29, 1.82) is 0 Å². The smallest absolute Gasteiger partial charge is 0.123 e. The summed E-state index contributed by atoms with van der Waals surface area (Å²) in [5, 5.41) is 0. The van der Waals surface area contributed by atoms with Crippen LogP contribution in [0.1, 0.15) is 25.3 Å². The molecular weight excluding hydrogens is 215 g/mol. The maximum absolute atomic E-state index is 12.8. The molecule has 2 N–H and O–H groups in total. The van der Waals surface area contributed by atoms with Crippen LogP contribution in [0, 0.1) is 5.82 Å². The number of nitrogens with zero attached hydrogens (tertiary/aromatic N) is 1. The van der Waals surface area contributed by atoms with Gasteiger partial charge in [0.25, 0.3) is 0 Å². The highest BCUT2D eigenvalue weighted by Gasteiger charge is 2.21. The molecule has 94 valence electrons. The Kier molecular flexibility index (Phi) is 4.13. The van der Waals surface area contributed by atoms with Gasteiger partial charge >= 0.3 is 0 Å². The summed E-state index contributed by atoms with van der Waals surface area (Å²) < 4.78 is 12.8. The summed E-state index contributed by atoms with van der Waals surface area (Å²) in [6.07, 6.45) is 3.29. The second kappa shape index (κ2) is 5.61. The third-order valence-corrected chi connectivity index (χ3v) is 3.56. The summed E-state index contributed by atoms with van der Waals surface area (Å²) in [6.45, 7) is 4.35. The van der Waals surface area contributed by atoms with E-state index in [2.05, 4.69) is 11.8 Å². The first kappa shape index (κ1) is 12.5. The van der Waals surface area contributed by atoms with Crippen molar-refractivity contribution in [1.82, 2.24) is 4.90 Å². The first-order valence-electron chi connectivity index (χ1n) is 6.39. The number of rotatable bonds is 3. The fourth-order valence-corrected chi connectivity index (χ4v) is 2.53. The van der Waals surface area contributed by atoms with Crippen LogP contribution < -0.4 is 5.73 Å². The van der Waals surface area contributed by atoms with E-state index in [1.165, 1.54) is 24.1 Å². The molecule has 2 unspecified atom stereocenters. The molecule has 0 amide bonds. The van der Waals surface area contributed by atoms with Gasteiger partial charge in [0.2, 0.25) is 0 Å². The molecule has 1 aliphatic rings. The predicted octanol–water partition coefficient (Wildman–Crippen LogP) is 2.18. The lowest BCUT2D eigenvalue weighted by Crippen LogP contribution is -2.47. The van der Waals surface area contributed by atoms with Gasteiger partial charge in [0.15, 0.2) is 0 Å². The summed E-state index contributed by atoms with van der Waals surface area (Å²) in [5.74, 6) is -0.165. The molecule has 0 saturated carbocycles. The van der Waals surface area contributed by atoms with Gasteiger partial charge in [-0.25, -0.2) is 4.39 Å². The fraction of sp³-hybridized carbons (Fsp3) is 0.571. The third kappa shape index (κ3) is 3.51. The second-order valence-corrected chi connectivity index (χ2v) is 5.08. The zero-order chi connectivity index (χ0) is 12.3. The maximum atomic E-state index is 12.8. The number of piperidine rings is 1. The largest absolute Gasteiger partial charge is 0.327 e. The van der Waals surface area contributed by atoms with Crippen LogP contribution >= 0.6 is 0 Å². The highest BCUT2D eigenvalue weighted by molar-refractivity contribution is 5.17. The molecule has 0 aliphatic carbocycles. The van der Waals surface area contributed by atoms with Gasteiger partial charge in [-0.3, -0.25) is 4.90 Å². The lowest BCUT2D eigenvalue weighted by Gasteiger charge is -2.35. The van der Waals surface area contributed by atoms with Gasteiger partial charge in [-0.2, -0.15) is 0 Å². The molecule has 1 saturated heterocycles. The number of likely N-dealkylation sites (tertiary alicyclic amines) is 1. The Hall–Kier alpha value is -0.930. The van der Waals surface area contributed by atoms with Crippen molar-refractivity contribution in [2.45, 2.75) is 38.3 Å². The van der Waals surface area contributed by atoms with Crippen LogP contribution in [0.15, 0.2) is 24.3 Å². The van der Waals surface area contributed by atoms with E-state index in [9.17, 15) is 4.39 Å². The van der Waals surface area contributed by atoms with Crippen LogP contribution in [0.3, 0.4) is 0 Å². The van der Waals surface area contributed by atoms with Crippen LogP contribution in [0.5, 0.6) is 0 Å². The molecule has 2 atom stereocenters. The van der Waals surface area contributed by atoms with Crippen molar-refractivity contribution in [2.75, 3.05) is 13.1 Å². The molecule has 17 heavy (non-hydrogen) atoms. The van der Waals surface area contributed by atoms with Gasteiger partial charge in [-0.05, 0) is 50.4 Å². The molecule has 0 radical (unpaired) electrons. The van der Waals surface area contributed by atoms with Crippen molar-refractivity contribution in [2.24, 2.45) is 5.73 Å². The molecule has 0 bridgehead atoms. The molecule has 1 fully saturated rings. The Bertz CT molecular complexity index is 350. The molecule has 2 nitrogen and oxygen atoms in total. The topological polar surface area (TPSA) is 29.3 Å². The molecule has 1 heterocycles. The number of nitrogens with two attached hydrogens (primary N) is 1. The minimum absolute atomic E-state index is 0.165. The van der Waals surface area contributed by atoms with Crippen LogP contribution in [0.4, 0.5) is 4.39 Å². The second-order valence-electron chi connectivity index (χ2n) is 5.08. The Morgan fingerprint density at radius 1 is 1.41 bits per heavy atom. The Morgan fingerprint density at radius 2 is 2.12 bits per heavy atom. The van der Waals surface area contributed by atoms with E-state index in [0.29, 0.717) is 12.1 Å². The van der Waals surface area contributed by atoms with Crippen LogP contribution in [0.2, 0.25) is 0 Å². The lowest BCUT2D eigenvalue weighted by atomic mass is 10.0. The molecule has 3 heteroatoms. The normalized spacial score (nSPS) is 23.6. The van der Waals surface area contributed by atoms with Crippen LogP contribution in [-0.4, -0.2) is 30.1 Å². The van der Waals surface area contributed by atoms with E-state index in [0.717, 1.165) is 25.9 Å². The summed E-state index contributed by atoms with van der Waals surface area (Å²) >= 11 is 0. The van der Waals surface area contributed by atoms with E-state index in [4.69, 9.17) is 5.73 Å². The van der Waals surface area contributed by atoms with E-state index < -0.39 is 0 Å². The number of hydrogen-bond donors (Lipinski definition) is 1. The van der Waals surface area contributed by atoms with Crippen molar-refractivity contribution in [3.63, 3.8) is 0 Å². The minimum atomic E-state index is -0.165. The first-order valence-corrected chi connectivity index (χ1v) is 6.39. The van der Waals surface area contributed by atoms with Gasteiger partial charge in [0.05, 0.1) is 0 Å². The first-order chi connectivity index (χ1) is 8.15. The molecule has 2 rings (SSSR count). The molecular formula is C14H21FN2. The number of benzene rings is 1. The monoisotopic (exact) mass is 236 g/mol. The van der Waals surface area contributed by atoms with Crippen LogP contribution in [0.25, 0.3) is 0 Å². The van der Waals surface area contributed by atoms with E-state index in [1.54, 1.807) is 0 Å². The zero-order valence-electron chi connectivity index (χ0n) is 10.4. The van der Waals surface area contributed by atoms with E-state index >= 15 is 0 Å². The van der Waals surface area contributed by atoms with Gasteiger partial charge in [0, 0.05) is 18.6 Å². The van der Waals surface area contributed by atoms with Crippen molar-refractivity contribution in [3.8, 4) is 0 Å². The molecule has 0 spiro atoms. The molecule has 1 aromatic carbocycles.